The van der Waals surface area contributed by atoms with E-state index >= 15 is 0 Å². The van der Waals surface area contributed by atoms with E-state index in [4.69, 9.17) is 16.2 Å². The van der Waals surface area contributed by atoms with E-state index in [0.29, 0.717) is 41.7 Å². The summed E-state index contributed by atoms with van der Waals surface area (Å²) >= 11 is 0. The number of carbonyl (C=O) groups excluding carboxylic acids is 1. The molecule has 2 aliphatic heterocycles. The molecule has 1 amide bonds. The van der Waals surface area contributed by atoms with E-state index in [-0.39, 0.29) is 29.8 Å². The van der Waals surface area contributed by atoms with Crippen molar-refractivity contribution in [2.75, 3.05) is 13.1 Å². The van der Waals surface area contributed by atoms with Gasteiger partial charge in [0.25, 0.3) is 5.91 Å². The maximum absolute atomic E-state index is 13.5. The van der Waals surface area contributed by atoms with E-state index in [2.05, 4.69) is 21.3 Å². The van der Waals surface area contributed by atoms with Gasteiger partial charge >= 0.3 is 0 Å². The molecular formula is C29H35N5O3. The van der Waals surface area contributed by atoms with Gasteiger partial charge in [0.2, 0.25) is 0 Å². The van der Waals surface area contributed by atoms with Crippen molar-refractivity contribution in [3.8, 4) is 11.5 Å². The van der Waals surface area contributed by atoms with Gasteiger partial charge in [0.15, 0.2) is 17.5 Å². The zero-order valence-electron chi connectivity index (χ0n) is 21.0. The average molecular weight is 502 g/mol. The SMILES string of the molecule is NC(N)=NCc1cccc(C(=O)N[C@@H]2CCC3C4c5c6ccc(O)c5OC2C4CN(CC2CC2)C3C6)c1. The van der Waals surface area contributed by atoms with Crippen molar-refractivity contribution >= 4 is 11.9 Å². The number of nitrogens with one attached hydrogen (secondary N) is 1. The molecule has 8 heteroatoms. The lowest BCUT2D eigenvalue weighted by Gasteiger charge is -2.56. The summed E-state index contributed by atoms with van der Waals surface area (Å²) in [5.74, 6) is 2.84. The second-order valence-electron chi connectivity index (χ2n) is 11.7. The molecule has 2 saturated carbocycles. The Kier molecular flexibility index (Phi) is 5.36. The Balaban J connectivity index is 1.20. The molecule has 5 unspecified atom stereocenters. The maximum atomic E-state index is 13.5. The van der Waals surface area contributed by atoms with Crippen LogP contribution >= 0.6 is 0 Å². The smallest absolute Gasteiger partial charge is 0.251 e. The average Bonchev–Trinajstić information content (AvgIpc) is 3.71. The van der Waals surface area contributed by atoms with E-state index in [0.717, 1.165) is 37.3 Å². The number of amides is 1. The van der Waals surface area contributed by atoms with E-state index in [9.17, 15) is 9.90 Å². The third-order valence-corrected chi connectivity index (χ3v) is 9.38. The number of rotatable bonds is 6. The van der Waals surface area contributed by atoms with Crippen molar-refractivity contribution in [3.05, 3.63) is 58.7 Å². The van der Waals surface area contributed by atoms with Gasteiger partial charge in [0.05, 0.1) is 12.6 Å². The highest BCUT2D eigenvalue weighted by Crippen LogP contribution is 2.59. The number of phenols is 1. The van der Waals surface area contributed by atoms with Crippen molar-refractivity contribution in [2.45, 2.75) is 62.8 Å². The summed E-state index contributed by atoms with van der Waals surface area (Å²) in [6.45, 7) is 2.51. The number of aromatic hydroxyl groups is 1. The summed E-state index contributed by atoms with van der Waals surface area (Å²) < 4.78 is 6.67. The van der Waals surface area contributed by atoms with Gasteiger partial charge in [0.1, 0.15) is 6.10 Å². The number of ether oxygens (including phenoxy) is 1. The zero-order valence-corrected chi connectivity index (χ0v) is 21.0. The topological polar surface area (TPSA) is 126 Å². The van der Waals surface area contributed by atoms with Crippen LogP contribution in [0.1, 0.15) is 58.6 Å². The normalized spacial score (nSPS) is 31.2. The lowest BCUT2D eigenvalue weighted by molar-refractivity contribution is -0.0348. The number of benzene rings is 2. The van der Waals surface area contributed by atoms with Gasteiger partial charge in [-0.2, -0.15) is 0 Å². The van der Waals surface area contributed by atoms with Crippen molar-refractivity contribution in [3.63, 3.8) is 0 Å². The molecule has 6 atom stereocenters. The van der Waals surface area contributed by atoms with Gasteiger partial charge < -0.3 is 26.6 Å². The number of phenolic OH excluding ortho intramolecular Hbond substituents is 1. The van der Waals surface area contributed by atoms with E-state index < -0.39 is 0 Å². The van der Waals surface area contributed by atoms with Gasteiger partial charge in [-0.05, 0) is 79.2 Å². The second-order valence-corrected chi connectivity index (χ2v) is 11.7. The van der Waals surface area contributed by atoms with Crippen LogP contribution < -0.4 is 21.5 Å². The standard InChI is InChI=1S/C29H35N5O3/c30-29(31)32-12-16-2-1-3-18(10-16)28(36)33-21-8-7-19-22-11-17-6-9-23(35)27-24(17)25(19)20(26(21)37-27)14-34(22)13-15-4-5-15/h1-3,6,9-10,15,19-22,25-26,35H,4-5,7-8,11-14H2,(H,33,36)(H4,30,31,32)/t19?,20?,21-,22?,25?,26?/m1/s1. The van der Waals surface area contributed by atoms with Crippen LogP contribution in [0.15, 0.2) is 41.4 Å². The Bertz CT molecular complexity index is 1270. The quantitative estimate of drug-likeness (QED) is 0.356. The van der Waals surface area contributed by atoms with Gasteiger partial charge in [-0.1, -0.05) is 18.2 Å². The molecule has 3 aliphatic carbocycles. The Hall–Kier alpha value is -3.26. The molecule has 0 aromatic heterocycles. The lowest BCUT2D eigenvalue weighted by Crippen LogP contribution is -2.61. The van der Waals surface area contributed by atoms with Crippen LogP contribution in [0.4, 0.5) is 0 Å². The molecular weight excluding hydrogens is 466 g/mol. The van der Waals surface area contributed by atoms with Gasteiger partial charge in [-0.15, -0.1) is 0 Å². The number of aliphatic imine (C=N–C) groups is 1. The van der Waals surface area contributed by atoms with Crippen molar-refractivity contribution < 1.29 is 14.6 Å². The number of hydrogen-bond donors (Lipinski definition) is 4. The molecule has 2 heterocycles. The zero-order chi connectivity index (χ0) is 25.3. The predicted molar refractivity (Wildman–Crippen MR) is 140 cm³/mol. The van der Waals surface area contributed by atoms with Crippen LogP contribution in [0.25, 0.3) is 0 Å². The fraction of sp³-hybridized carbons (Fsp3) is 0.517. The monoisotopic (exact) mass is 501 g/mol. The van der Waals surface area contributed by atoms with E-state index in [1.807, 2.05) is 24.3 Å². The van der Waals surface area contributed by atoms with Crippen molar-refractivity contribution in [2.24, 2.45) is 34.2 Å². The Morgan fingerprint density at radius 2 is 2.00 bits per heavy atom. The Morgan fingerprint density at radius 1 is 1.14 bits per heavy atom. The van der Waals surface area contributed by atoms with Gasteiger partial charge in [-0.3, -0.25) is 9.69 Å². The molecule has 37 heavy (non-hydrogen) atoms. The van der Waals surface area contributed by atoms with E-state index in [1.54, 1.807) is 6.07 Å². The Labute approximate surface area is 217 Å². The molecule has 0 spiro atoms. The Morgan fingerprint density at radius 3 is 2.81 bits per heavy atom. The number of guanidine groups is 1. The predicted octanol–water partition coefficient (Wildman–Crippen LogP) is 2.49. The molecule has 3 fully saturated rings. The number of piperidine rings is 1. The minimum Gasteiger partial charge on any atom is -0.504 e. The summed E-state index contributed by atoms with van der Waals surface area (Å²) in [7, 11) is 0. The lowest BCUT2D eigenvalue weighted by atomic mass is 9.61. The summed E-state index contributed by atoms with van der Waals surface area (Å²) in [6, 6.07) is 11.7. The maximum Gasteiger partial charge on any atom is 0.251 e. The highest BCUT2D eigenvalue weighted by Gasteiger charge is 2.57. The first-order chi connectivity index (χ1) is 18.0. The first-order valence-corrected chi connectivity index (χ1v) is 13.7. The highest BCUT2D eigenvalue weighted by molar-refractivity contribution is 5.94. The number of hydrogen-bond acceptors (Lipinski definition) is 5. The third kappa shape index (κ3) is 3.93. The molecule has 0 radical (unpaired) electrons. The number of nitrogens with two attached hydrogens (primary N) is 2. The van der Waals surface area contributed by atoms with Crippen molar-refractivity contribution in [1.29, 1.82) is 0 Å². The van der Waals surface area contributed by atoms with Crippen molar-refractivity contribution in [1.82, 2.24) is 10.2 Å². The minimum atomic E-state index is -0.168. The molecule has 7 rings (SSSR count). The second kappa shape index (κ2) is 8.65. The summed E-state index contributed by atoms with van der Waals surface area (Å²) in [5, 5.41) is 14.1. The third-order valence-electron chi connectivity index (χ3n) is 9.38. The van der Waals surface area contributed by atoms with Gasteiger partial charge in [0, 0.05) is 36.2 Å². The molecule has 5 aliphatic rings. The fourth-order valence-corrected chi connectivity index (χ4v) is 7.64. The van der Waals surface area contributed by atoms with Crippen LogP contribution in [0.5, 0.6) is 11.5 Å². The van der Waals surface area contributed by atoms with E-state index in [1.165, 1.54) is 30.5 Å². The molecule has 8 nitrogen and oxygen atoms in total. The van der Waals surface area contributed by atoms with Crippen LogP contribution in [0.3, 0.4) is 0 Å². The summed E-state index contributed by atoms with van der Waals surface area (Å²) in [6.07, 6.45) is 5.47. The first-order valence-electron chi connectivity index (χ1n) is 13.7. The highest BCUT2D eigenvalue weighted by atomic mass is 16.5. The van der Waals surface area contributed by atoms with Crippen LogP contribution in [0, 0.1) is 17.8 Å². The minimum absolute atomic E-state index is 0.0292. The summed E-state index contributed by atoms with van der Waals surface area (Å²) in [5.41, 5.74) is 15.0. The van der Waals surface area contributed by atoms with Crippen LogP contribution in [-0.4, -0.2) is 53.2 Å². The molecule has 2 aromatic rings. The molecule has 5 bridgehead atoms. The molecule has 6 N–H and O–H groups in total. The molecule has 1 saturated heterocycles. The number of nitrogens with zero attached hydrogens (tertiary/aromatic N) is 2. The molecule has 194 valence electrons. The first kappa shape index (κ1) is 22.9. The number of carbonyl (C=O) groups is 1. The van der Waals surface area contributed by atoms with Crippen LogP contribution in [-0.2, 0) is 13.0 Å². The number of likely N-dealkylation sites (tertiary alicyclic amines) is 1. The van der Waals surface area contributed by atoms with Gasteiger partial charge in [-0.25, -0.2) is 4.99 Å². The molecule has 2 aromatic carbocycles. The fourth-order valence-electron chi connectivity index (χ4n) is 7.64. The largest absolute Gasteiger partial charge is 0.504 e. The summed E-state index contributed by atoms with van der Waals surface area (Å²) in [4.78, 5) is 20.3. The van der Waals surface area contributed by atoms with Crippen LogP contribution in [0.2, 0.25) is 0 Å².